The van der Waals surface area contributed by atoms with Crippen molar-refractivity contribution in [3.63, 3.8) is 0 Å². The van der Waals surface area contributed by atoms with Gasteiger partial charge >= 0.3 is 0 Å². The molecule has 0 aliphatic carbocycles. The van der Waals surface area contributed by atoms with Crippen molar-refractivity contribution >= 4 is 27.7 Å². The van der Waals surface area contributed by atoms with E-state index in [4.69, 9.17) is 0 Å². The van der Waals surface area contributed by atoms with Crippen LogP contribution in [0.2, 0.25) is 0 Å². The maximum Gasteiger partial charge on any atom is 0.0186 e. The van der Waals surface area contributed by atoms with Crippen molar-refractivity contribution in [3.05, 3.63) is 39.7 Å². The topological polar surface area (TPSA) is 0 Å². The van der Waals surface area contributed by atoms with Crippen LogP contribution in [0.5, 0.6) is 0 Å². The SMILES string of the molecule is Brc1ccc2c(c1)SC=CC2. The summed E-state index contributed by atoms with van der Waals surface area (Å²) in [4.78, 5) is 1.38. The first kappa shape index (κ1) is 7.44. The highest BCUT2D eigenvalue weighted by atomic mass is 79.9. The highest BCUT2D eigenvalue weighted by Gasteiger charge is 2.04. The molecule has 0 aromatic heterocycles. The van der Waals surface area contributed by atoms with Crippen LogP contribution in [0.3, 0.4) is 0 Å². The first-order valence-corrected chi connectivity index (χ1v) is 5.13. The zero-order chi connectivity index (χ0) is 7.68. The lowest BCUT2D eigenvalue weighted by atomic mass is 10.1. The predicted octanol–water partition coefficient (Wildman–Crippen LogP) is 3.61. The fourth-order valence-corrected chi connectivity index (χ4v) is 2.45. The first-order valence-electron chi connectivity index (χ1n) is 3.46. The summed E-state index contributed by atoms with van der Waals surface area (Å²) in [6, 6.07) is 6.44. The number of benzene rings is 1. The average molecular weight is 227 g/mol. The van der Waals surface area contributed by atoms with Crippen molar-refractivity contribution in [2.24, 2.45) is 0 Å². The number of hydrogen-bond donors (Lipinski definition) is 0. The molecule has 0 nitrogen and oxygen atoms in total. The Morgan fingerprint density at radius 3 is 3.18 bits per heavy atom. The van der Waals surface area contributed by atoms with Gasteiger partial charge in [-0.2, -0.15) is 0 Å². The molecule has 0 radical (unpaired) electrons. The van der Waals surface area contributed by atoms with Gasteiger partial charge in [0.1, 0.15) is 0 Å². The molecule has 1 aromatic carbocycles. The van der Waals surface area contributed by atoms with Crippen LogP contribution < -0.4 is 0 Å². The number of hydrogen-bond acceptors (Lipinski definition) is 1. The highest BCUT2D eigenvalue weighted by molar-refractivity contribution is 9.10. The van der Waals surface area contributed by atoms with E-state index < -0.39 is 0 Å². The molecule has 0 atom stereocenters. The van der Waals surface area contributed by atoms with Gasteiger partial charge in [0.25, 0.3) is 0 Å². The van der Waals surface area contributed by atoms with Gasteiger partial charge in [0.2, 0.25) is 0 Å². The van der Waals surface area contributed by atoms with Gasteiger partial charge in [0, 0.05) is 9.37 Å². The van der Waals surface area contributed by atoms with Gasteiger partial charge in [-0.15, -0.1) is 0 Å². The van der Waals surface area contributed by atoms with Gasteiger partial charge in [-0.05, 0) is 29.5 Å². The number of thioether (sulfide) groups is 1. The summed E-state index contributed by atoms with van der Waals surface area (Å²) in [6.45, 7) is 0. The molecule has 0 unspecified atom stereocenters. The van der Waals surface area contributed by atoms with E-state index >= 15 is 0 Å². The Morgan fingerprint density at radius 1 is 1.36 bits per heavy atom. The normalized spacial score (nSPS) is 14.6. The minimum atomic E-state index is 1.08. The molecule has 1 aromatic rings. The summed E-state index contributed by atoms with van der Waals surface area (Å²) in [5.41, 5.74) is 1.43. The minimum Gasteiger partial charge on any atom is -0.0981 e. The second-order valence-corrected chi connectivity index (χ2v) is 4.31. The van der Waals surface area contributed by atoms with E-state index in [1.165, 1.54) is 14.9 Å². The molecular formula is C9H7BrS. The second-order valence-electron chi connectivity index (χ2n) is 2.45. The Hall–Kier alpha value is -0.210. The Bertz CT molecular complexity index is 304. The molecule has 0 saturated heterocycles. The molecule has 56 valence electrons. The maximum absolute atomic E-state index is 3.45. The zero-order valence-electron chi connectivity index (χ0n) is 5.88. The van der Waals surface area contributed by atoms with Crippen molar-refractivity contribution in [3.8, 4) is 0 Å². The fourth-order valence-electron chi connectivity index (χ4n) is 1.10. The van der Waals surface area contributed by atoms with Gasteiger partial charge in [-0.1, -0.05) is 39.8 Å². The monoisotopic (exact) mass is 226 g/mol. The molecular weight excluding hydrogens is 220 g/mol. The van der Waals surface area contributed by atoms with E-state index in [1.807, 2.05) is 0 Å². The molecule has 0 amide bonds. The Labute approximate surface area is 78.8 Å². The van der Waals surface area contributed by atoms with Crippen molar-refractivity contribution in [2.45, 2.75) is 11.3 Å². The smallest absolute Gasteiger partial charge is 0.0186 e. The molecule has 1 heterocycles. The largest absolute Gasteiger partial charge is 0.0981 e. The Balaban J connectivity index is 2.48. The highest BCUT2D eigenvalue weighted by Crippen LogP contribution is 2.30. The molecule has 1 aliphatic rings. The van der Waals surface area contributed by atoms with Crippen LogP contribution in [-0.4, -0.2) is 0 Å². The third-order valence-corrected chi connectivity index (χ3v) is 3.11. The van der Waals surface area contributed by atoms with E-state index in [0.717, 1.165) is 6.42 Å². The van der Waals surface area contributed by atoms with Crippen LogP contribution in [0.1, 0.15) is 5.56 Å². The molecule has 0 spiro atoms. The van der Waals surface area contributed by atoms with Crippen molar-refractivity contribution in [2.75, 3.05) is 0 Å². The lowest BCUT2D eigenvalue weighted by Crippen LogP contribution is -1.88. The molecule has 0 saturated carbocycles. The summed E-state index contributed by atoms with van der Waals surface area (Å²) in [6.07, 6.45) is 3.27. The number of rotatable bonds is 0. The van der Waals surface area contributed by atoms with Gasteiger partial charge in [-0.25, -0.2) is 0 Å². The molecule has 0 bridgehead atoms. The average Bonchev–Trinajstić information content (AvgIpc) is 2.04. The standard InChI is InChI=1S/C9H7BrS/c10-8-4-3-7-2-1-5-11-9(7)6-8/h1,3-6H,2H2. The van der Waals surface area contributed by atoms with E-state index in [9.17, 15) is 0 Å². The Morgan fingerprint density at radius 2 is 2.27 bits per heavy atom. The summed E-state index contributed by atoms with van der Waals surface area (Å²) in [5, 5.41) is 2.15. The van der Waals surface area contributed by atoms with E-state index in [0.29, 0.717) is 0 Å². The van der Waals surface area contributed by atoms with Crippen molar-refractivity contribution < 1.29 is 0 Å². The van der Waals surface area contributed by atoms with Crippen molar-refractivity contribution in [1.82, 2.24) is 0 Å². The molecule has 0 fully saturated rings. The first-order chi connectivity index (χ1) is 5.36. The van der Waals surface area contributed by atoms with Crippen LogP contribution in [0.15, 0.2) is 39.1 Å². The van der Waals surface area contributed by atoms with Crippen LogP contribution in [0.25, 0.3) is 0 Å². The van der Waals surface area contributed by atoms with Gasteiger partial charge < -0.3 is 0 Å². The van der Waals surface area contributed by atoms with Crippen LogP contribution in [0.4, 0.5) is 0 Å². The van der Waals surface area contributed by atoms with E-state index in [2.05, 4.69) is 45.6 Å². The van der Waals surface area contributed by atoms with Crippen molar-refractivity contribution in [1.29, 1.82) is 0 Å². The summed E-state index contributed by atoms with van der Waals surface area (Å²) in [5.74, 6) is 0. The Kier molecular flexibility index (Phi) is 2.05. The molecule has 11 heavy (non-hydrogen) atoms. The molecule has 2 heteroatoms. The number of halogens is 1. The summed E-state index contributed by atoms with van der Waals surface area (Å²) in [7, 11) is 0. The van der Waals surface area contributed by atoms with Gasteiger partial charge in [0.05, 0.1) is 0 Å². The maximum atomic E-state index is 3.45. The molecule has 1 aliphatic heterocycles. The molecule has 0 N–H and O–H groups in total. The molecule has 2 rings (SSSR count). The fraction of sp³-hybridized carbons (Fsp3) is 0.111. The van der Waals surface area contributed by atoms with Crippen LogP contribution in [0, 0.1) is 0 Å². The van der Waals surface area contributed by atoms with Gasteiger partial charge in [-0.3, -0.25) is 0 Å². The third kappa shape index (κ3) is 1.52. The minimum absolute atomic E-state index is 1.08. The van der Waals surface area contributed by atoms with Gasteiger partial charge in [0.15, 0.2) is 0 Å². The third-order valence-electron chi connectivity index (χ3n) is 1.66. The second kappa shape index (κ2) is 3.03. The number of allylic oxidation sites excluding steroid dienone is 1. The van der Waals surface area contributed by atoms with E-state index in [-0.39, 0.29) is 0 Å². The van der Waals surface area contributed by atoms with Crippen LogP contribution >= 0.6 is 27.7 Å². The summed E-state index contributed by atoms with van der Waals surface area (Å²) < 4.78 is 1.17. The van der Waals surface area contributed by atoms with E-state index in [1.54, 1.807) is 11.8 Å². The summed E-state index contributed by atoms with van der Waals surface area (Å²) >= 11 is 5.25. The lowest BCUT2D eigenvalue weighted by molar-refractivity contribution is 1.17. The predicted molar refractivity (Wildman–Crippen MR) is 52.8 cm³/mol. The number of fused-ring (bicyclic) bond motifs is 1. The zero-order valence-corrected chi connectivity index (χ0v) is 8.28. The van der Waals surface area contributed by atoms with Crippen LogP contribution in [-0.2, 0) is 6.42 Å². The lowest BCUT2D eigenvalue weighted by Gasteiger charge is -2.09. The quantitative estimate of drug-likeness (QED) is 0.652.